The SMILES string of the molecule is NC(CCCC(N)(N)C(=O)O)C(=O)O. The van der Waals surface area contributed by atoms with Gasteiger partial charge in [0.25, 0.3) is 0 Å². The molecule has 14 heavy (non-hydrogen) atoms. The summed E-state index contributed by atoms with van der Waals surface area (Å²) in [6, 6.07) is -1.00. The van der Waals surface area contributed by atoms with Gasteiger partial charge in [0.05, 0.1) is 0 Å². The maximum absolute atomic E-state index is 10.4. The normalized spacial score (nSPS) is 13.6. The summed E-state index contributed by atoms with van der Waals surface area (Å²) >= 11 is 0. The second-order valence-electron chi connectivity index (χ2n) is 3.18. The van der Waals surface area contributed by atoms with Crippen molar-refractivity contribution >= 4 is 11.9 Å². The number of aliphatic carboxylic acids is 2. The highest BCUT2D eigenvalue weighted by atomic mass is 16.4. The fourth-order valence-corrected chi connectivity index (χ4v) is 0.845. The molecule has 0 bridgehead atoms. The van der Waals surface area contributed by atoms with Gasteiger partial charge >= 0.3 is 11.9 Å². The number of hydrogen-bond donors (Lipinski definition) is 5. The van der Waals surface area contributed by atoms with Crippen LogP contribution in [0.1, 0.15) is 19.3 Å². The van der Waals surface area contributed by atoms with Gasteiger partial charge in [-0.1, -0.05) is 0 Å². The van der Waals surface area contributed by atoms with Gasteiger partial charge in [-0.2, -0.15) is 0 Å². The Morgan fingerprint density at radius 1 is 1.29 bits per heavy atom. The summed E-state index contributed by atoms with van der Waals surface area (Å²) < 4.78 is 0. The van der Waals surface area contributed by atoms with Crippen LogP contribution in [0.3, 0.4) is 0 Å². The van der Waals surface area contributed by atoms with E-state index >= 15 is 0 Å². The minimum absolute atomic E-state index is 0.0106. The van der Waals surface area contributed by atoms with Gasteiger partial charge in [0.15, 0.2) is 5.66 Å². The molecule has 0 aromatic carbocycles. The van der Waals surface area contributed by atoms with Crippen LogP contribution in [0.4, 0.5) is 0 Å². The molecule has 0 radical (unpaired) electrons. The largest absolute Gasteiger partial charge is 0.480 e. The smallest absolute Gasteiger partial charge is 0.338 e. The van der Waals surface area contributed by atoms with Crippen molar-refractivity contribution in [1.29, 1.82) is 0 Å². The van der Waals surface area contributed by atoms with E-state index in [2.05, 4.69) is 0 Å². The van der Waals surface area contributed by atoms with Crippen LogP contribution in [0.5, 0.6) is 0 Å². The van der Waals surface area contributed by atoms with Crippen LogP contribution in [0.2, 0.25) is 0 Å². The summed E-state index contributed by atoms with van der Waals surface area (Å²) in [6.45, 7) is 0. The van der Waals surface area contributed by atoms with Crippen molar-refractivity contribution in [3.63, 3.8) is 0 Å². The van der Waals surface area contributed by atoms with Crippen LogP contribution in [-0.4, -0.2) is 33.9 Å². The van der Waals surface area contributed by atoms with Crippen LogP contribution in [0.25, 0.3) is 0 Å². The number of carboxylic acids is 2. The van der Waals surface area contributed by atoms with Crippen LogP contribution in [0.15, 0.2) is 0 Å². The lowest BCUT2D eigenvalue weighted by atomic mass is 10.0. The number of carboxylic acid groups (broad SMARTS) is 2. The molecule has 0 aliphatic heterocycles. The highest BCUT2D eigenvalue weighted by Gasteiger charge is 2.28. The van der Waals surface area contributed by atoms with E-state index in [-0.39, 0.29) is 19.3 Å². The second-order valence-corrected chi connectivity index (χ2v) is 3.18. The monoisotopic (exact) mass is 205 g/mol. The van der Waals surface area contributed by atoms with E-state index in [0.717, 1.165) is 0 Å². The summed E-state index contributed by atoms with van der Waals surface area (Å²) in [4.78, 5) is 20.7. The minimum Gasteiger partial charge on any atom is -0.480 e. The Kier molecular flexibility index (Phi) is 4.48. The molecule has 0 fully saturated rings. The maximum atomic E-state index is 10.4. The summed E-state index contributed by atoms with van der Waals surface area (Å²) in [5.41, 5.74) is 13.8. The zero-order valence-electron chi connectivity index (χ0n) is 7.64. The third-order valence-corrected chi connectivity index (χ3v) is 1.82. The van der Waals surface area contributed by atoms with Gasteiger partial charge in [0, 0.05) is 0 Å². The summed E-state index contributed by atoms with van der Waals surface area (Å²) in [5, 5.41) is 16.9. The lowest BCUT2D eigenvalue weighted by Gasteiger charge is -2.19. The molecular weight excluding hydrogens is 190 g/mol. The molecule has 8 N–H and O–H groups in total. The highest BCUT2D eigenvalue weighted by Crippen LogP contribution is 2.07. The Morgan fingerprint density at radius 3 is 2.14 bits per heavy atom. The Morgan fingerprint density at radius 2 is 1.79 bits per heavy atom. The van der Waals surface area contributed by atoms with Crippen molar-refractivity contribution in [3.8, 4) is 0 Å². The Labute approximate surface area is 80.9 Å². The minimum atomic E-state index is -1.81. The van der Waals surface area contributed by atoms with Gasteiger partial charge in [0.1, 0.15) is 6.04 Å². The molecule has 0 heterocycles. The summed E-state index contributed by atoms with van der Waals surface area (Å²) in [7, 11) is 0. The molecule has 0 saturated heterocycles. The van der Waals surface area contributed by atoms with Crippen molar-refractivity contribution in [2.24, 2.45) is 17.2 Å². The van der Waals surface area contributed by atoms with E-state index < -0.39 is 23.6 Å². The molecule has 0 aliphatic carbocycles. The molecule has 0 rings (SSSR count). The molecular formula is C7H15N3O4. The number of carbonyl (C=O) groups is 2. The first-order valence-electron chi connectivity index (χ1n) is 4.07. The van der Waals surface area contributed by atoms with Crippen LogP contribution >= 0.6 is 0 Å². The molecule has 0 spiro atoms. The van der Waals surface area contributed by atoms with Crippen molar-refractivity contribution in [2.75, 3.05) is 0 Å². The lowest BCUT2D eigenvalue weighted by Crippen LogP contribution is -2.56. The van der Waals surface area contributed by atoms with Crippen molar-refractivity contribution in [1.82, 2.24) is 0 Å². The molecule has 1 unspecified atom stereocenters. The van der Waals surface area contributed by atoms with E-state index in [1.54, 1.807) is 0 Å². The fraction of sp³-hybridized carbons (Fsp3) is 0.714. The fourth-order valence-electron chi connectivity index (χ4n) is 0.845. The molecule has 1 atom stereocenters. The zero-order chi connectivity index (χ0) is 11.4. The molecule has 0 amide bonds. The number of hydrogen-bond acceptors (Lipinski definition) is 5. The van der Waals surface area contributed by atoms with E-state index in [0.29, 0.717) is 0 Å². The van der Waals surface area contributed by atoms with Gasteiger partial charge in [0.2, 0.25) is 0 Å². The third kappa shape index (κ3) is 4.17. The average molecular weight is 205 g/mol. The Balaban J connectivity index is 3.85. The number of nitrogens with two attached hydrogens (primary N) is 3. The molecule has 7 nitrogen and oxygen atoms in total. The molecule has 0 aliphatic rings. The van der Waals surface area contributed by atoms with Crippen molar-refractivity contribution in [3.05, 3.63) is 0 Å². The van der Waals surface area contributed by atoms with Gasteiger partial charge in [-0.05, 0) is 19.3 Å². The topological polar surface area (TPSA) is 153 Å². The molecule has 0 aromatic heterocycles. The quantitative estimate of drug-likeness (QED) is 0.323. The van der Waals surface area contributed by atoms with Gasteiger partial charge in [-0.15, -0.1) is 0 Å². The standard InChI is InChI=1S/C7H15N3O4/c8-4(5(11)12)2-1-3-7(9,10)6(13)14/h4H,1-3,8-10H2,(H,11,12)(H,13,14). The first-order chi connectivity index (χ1) is 6.27. The van der Waals surface area contributed by atoms with Crippen molar-refractivity contribution < 1.29 is 19.8 Å². The van der Waals surface area contributed by atoms with E-state index in [9.17, 15) is 9.59 Å². The second kappa shape index (κ2) is 4.89. The Hall–Kier alpha value is -1.18. The molecule has 82 valence electrons. The lowest BCUT2D eigenvalue weighted by molar-refractivity contribution is -0.143. The molecule has 7 heteroatoms. The molecule has 0 saturated carbocycles. The van der Waals surface area contributed by atoms with Crippen LogP contribution in [-0.2, 0) is 9.59 Å². The van der Waals surface area contributed by atoms with Gasteiger partial charge in [-0.3, -0.25) is 4.79 Å². The van der Waals surface area contributed by atoms with E-state index in [4.69, 9.17) is 27.4 Å². The highest BCUT2D eigenvalue weighted by molar-refractivity contribution is 5.77. The maximum Gasteiger partial charge on any atom is 0.338 e. The predicted octanol–water partition coefficient (Wildman–Crippen LogP) is -1.73. The third-order valence-electron chi connectivity index (χ3n) is 1.82. The van der Waals surface area contributed by atoms with E-state index in [1.807, 2.05) is 0 Å². The summed E-state index contributed by atoms with van der Waals surface area (Å²) in [6.07, 6.45) is 0.398. The van der Waals surface area contributed by atoms with Crippen molar-refractivity contribution in [2.45, 2.75) is 31.0 Å². The zero-order valence-corrected chi connectivity index (χ0v) is 7.64. The van der Waals surface area contributed by atoms with Crippen LogP contribution in [0, 0.1) is 0 Å². The number of rotatable bonds is 6. The first kappa shape index (κ1) is 12.8. The molecule has 0 aromatic rings. The van der Waals surface area contributed by atoms with Gasteiger partial charge < -0.3 is 27.4 Å². The van der Waals surface area contributed by atoms with Crippen LogP contribution < -0.4 is 17.2 Å². The summed E-state index contributed by atoms with van der Waals surface area (Å²) in [5.74, 6) is -2.44. The predicted molar refractivity (Wildman–Crippen MR) is 48.2 cm³/mol. The van der Waals surface area contributed by atoms with E-state index in [1.165, 1.54) is 0 Å². The van der Waals surface area contributed by atoms with Gasteiger partial charge in [-0.25, -0.2) is 4.79 Å². The Bertz CT molecular complexity index is 229. The average Bonchev–Trinajstić information content (AvgIpc) is 2.03. The first-order valence-corrected chi connectivity index (χ1v) is 4.07.